The zero-order valence-corrected chi connectivity index (χ0v) is 11.7. The van der Waals surface area contributed by atoms with E-state index in [-0.39, 0.29) is 5.97 Å². The lowest BCUT2D eigenvalue weighted by molar-refractivity contribution is 0.0601. The maximum absolute atomic E-state index is 11.5. The van der Waals surface area contributed by atoms with Crippen LogP contribution >= 0.6 is 0 Å². The minimum Gasteiger partial charge on any atom is -0.465 e. The van der Waals surface area contributed by atoms with Crippen LogP contribution in [0.5, 0.6) is 0 Å². The van der Waals surface area contributed by atoms with E-state index in [9.17, 15) is 4.79 Å². The number of methoxy groups -OCH3 is 1. The largest absolute Gasteiger partial charge is 0.465 e. The summed E-state index contributed by atoms with van der Waals surface area (Å²) >= 11 is 0. The number of esters is 1. The highest BCUT2D eigenvalue weighted by atomic mass is 16.5. The third-order valence-electron chi connectivity index (χ3n) is 3.72. The number of carbonyl (C=O) groups excluding carboxylic acids is 1. The molecular weight excluding hydrogens is 240 g/mol. The predicted molar refractivity (Wildman–Crippen MR) is 76.6 cm³/mol. The van der Waals surface area contributed by atoms with Crippen molar-refractivity contribution < 1.29 is 9.53 Å². The molecule has 1 aliphatic rings. The van der Waals surface area contributed by atoms with Gasteiger partial charge in [0, 0.05) is 18.8 Å². The van der Waals surface area contributed by atoms with E-state index in [1.54, 1.807) is 6.07 Å². The standard InChI is InChI=1S/C15H22N2O2/c1-16-8-6-12-7-9-17(11-12)14-5-3-4-13(10-14)15(18)19-2/h3-5,10,12,16H,6-9,11H2,1-2H3. The summed E-state index contributed by atoms with van der Waals surface area (Å²) in [4.78, 5) is 13.9. The van der Waals surface area contributed by atoms with Crippen molar-refractivity contribution in [3.05, 3.63) is 29.8 Å². The lowest BCUT2D eigenvalue weighted by Crippen LogP contribution is -2.21. The molecule has 1 N–H and O–H groups in total. The van der Waals surface area contributed by atoms with Crippen LogP contribution in [0.3, 0.4) is 0 Å². The molecule has 1 aromatic carbocycles. The molecule has 1 unspecified atom stereocenters. The van der Waals surface area contributed by atoms with Crippen molar-refractivity contribution in [3.8, 4) is 0 Å². The molecule has 2 rings (SSSR count). The van der Waals surface area contributed by atoms with Gasteiger partial charge in [-0.1, -0.05) is 6.07 Å². The topological polar surface area (TPSA) is 41.6 Å². The van der Waals surface area contributed by atoms with E-state index in [0.29, 0.717) is 5.56 Å². The SMILES string of the molecule is CNCCC1CCN(c2cccc(C(=O)OC)c2)C1. The van der Waals surface area contributed by atoms with Crippen molar-refractivity contribution in [3.63, 3.8) is 0 Å². The molecule has 0 spiro atoms. The summed E-state index contributed by atoms with van der Waals surface area (Å²) in [7, 11) is 3.41. The van der Waals surface area contributed by atoms with Crippen LogP contribution in [-0.4, -0.2) is 39.8 Å². The Balaban J connectivity index is 2.01. The fraction of sp³-hybridized carbons (Fsp3) is 0.533. The van der Waals surface area contributed by atoms with Crippen molar-refractivity contribution in [2.24, 2.45) is 5.92 Å². The molecule has 1 aliphatic heterocycles. The van der Waals surface area contributed by atoms with E-state index in [1.807, 2.05) is 19.2 Å². The number of nitrogens with one attached hydrogen (secondary N) is 1. The summed E-state index contributed by atoms with van der Waals surface area (Å²) in [5.41, 5.74) is 1.74. The molecule has 0 saturated carbocycles. The summed E-state index contributed by atoms with van der Waals surface area (Å²) in [5.74, 6) is 0.474. The number of anilines is 1. The molecule has 4 heteroatoms. The highest BCUT2D eigenvalue weighted by Gasteiger charge is 2.22. The fourth-order valence-electron chi connectivity index (χ4n) is 2.60. The van der Waals surface area contributed by atoms with Gasteiger partial charge in [0.05, 0.1) is 12.7 Å². The van der Waals surface area contributed by atoms with Gasteiger partial charge in [0.2, 0.25) is 0 Å². The van der Waals surface area contributed by atoms with E-state index in [4.69, 9.17) is 4.74 Å². The maximum atomic E-state index is 11.5. The first-order valence-electron chi connectivity index (χ1n) is 6.82. The summed E-state index contributed by atoms with van der Waals surface area (Å²) in [6.45, 7) is 3.21. The van der Waals surface area contributed by atoms with Gasteiger partial charge in [-0.25, -0.2) is 4.79 Å². The molecule has 19 heavy (non-hydrogen) atoms. The van der Waals surface area contributed by atoms with E-state index in [2.05, 4.69) is 16.3 Å². The van der Waals surface area contributed by atoms with E-state index < -0.39 is 0 Å². The summed E-state index contributed by atoms with van der Waals surface area (Å²) in [6.07, 6.45) is 2.44. The van der Waals surface area contributed by atoms with Gasteiger partial charge in [0.15, 0.2) is 0 Å². The molecule has 1 aromatic rings. The van der Waals surface area contributed by atoms with Gasteiger partial charge < -0.3 is 15.0 Å². The average Bonchev–Trinajstić information content (AvgIpc) is 2.93. The first kappa shape index (κ1) is 13.9. The normalized spacial score (nSPS) is 18.6. The monoisotopic (exact) mass is 262 g/mol. The second-order valence-corrected chi connectivity index (χ2v) is 5.03. The smallest absolute Gasteiger partial charge is 0.337 e. The van der Waals surface area contributed by atoms with Gasteiger partial charge in [-0.05, 0) is 50.6 Å². The molecule has 4 nitrogen and oxygen atoms in total. The first-order chi connectivity index (χ1) is 9.24. The van der Waals surface area contributed by atoms with Crippen LogP contribution in [0.25, 0.3) is 0 Å². The Morgan fingerprint density at radius 3 is 3.11 bits per heavy atom. The molecule has 104 valence electrons. The second-order valence-electron chi connectivity index (χ2n) is 5.03. The molecule has 1 heterocycles. The minimum atomic E-state index is -0.271. The van der Waals surface area contributed by atoms with Gasteiger partial charge in [0.1, 0.15) is 0 Å². The predicted octanol–water partition coefficient (Wildman–Crippen LogP) is 1.91. The molecule has 1 atom stereocenters. The van der Waals surface area contributed by atoms with Gasteiger partial charge in [-0.2, -0.15) is 0 Å². The number of nitrogens with zero attached hydrogens (tertiary/aromatic N) is 1. The molecule has 0 radical (unpaired) electrons. The fourth-order valence-corrected chi connectivity index (χ4v) is 2.60. The second kappa shape index (κ2) is 6.57. The average molecular weight is 262 g/mol. The summed E-state index contributed by atoms with van der Waals surface area (Å²) in [5, 5.41) is 3.20. The first-order valence-corrected chi connectivity index (χ1v) is 6.82. The number of hydrogen-bond donors (Lipinski definition) is 1. The van der Waals surface area contributed by atoms with Gasteiger partial charge >= 0.3 is 5.97 Å². The molecular formula is C15H22N2O2. The number of ether oxygens (including phenoxy) is 1. The van der Waals surface area contributed by atoms with Crippen LogP contribution in [0, 0.1) is 5.92 Å². The number of carbonyl (C=O) groups is 1. The van der Waals surface area contributed by atoms with E-state index in [0.717, 1.165) is 31.2 Å². The van der Waals surface area contributed by atoms with Crippen molar-refractivity contribution in [2.45, 2.75) is 12.8 Å². The molecule has 0 bridgehead atoms. The maximum Gasteiger partial charge on any atom is 0.337 e. The highest BCUT2D eigenvalue weighted by molar-refractivity contribution is 5.90. The number of rotatable bonds is 5. The lowest BCUT2D eigenvalue weighted by Gasteiger charge is -2.19. The van der Waals surface area contributed by atoms with Crippen molar-refractivity contribution in [2.75, 3.05) is 38.7 Å². The molecule has 0 amide bonds. The van der Waals surface area contributed by atoms with Crippen molar-refractivity contribution >= 4 is 11.7 Å². The molecule has 1 fully saturated rings. The zero-order chi connectivity index (χ0) is 13.7. The third-order valence-corrected chi connectivity index (χ3v) is 3.72. The lowest BCUT2D eigenvalue weighted by atomic mass is 10.1. The summed E-state index contributed by atoms with van der Waals surface area (Å²) < 4.78 is 4.76. The van der Waals surface area contributed by atoms with Gasteiger partial charge in [-0.15, -0.1) is 0 Å². The van der Waals surface area contributed by atoms with Crippen molar-refractivity contribution in [1.82, 2.24) is 5.32 Å². The molecule has 0 aliphatic carbocycles. The highest BCUT2D eigenvalue weighted by Crippen LogP contribution is 2.26. The molecule has 0 aromatic heterocycles. The number of benzene rings is 1. The minimum absolute atomic E-state index is 0.271. The van der Waals surface area contributed by atoms with Crippen LogP contribution in [0.4, 0.5) is 5.69 Å². The van der Waals surface area contributed by atoms with Gasteiger partial charge in [-0.3, -0.25) is 0 Å². The Hall–Kier alpha value is -1.55. The van der Waals surface area contributed by atoms with Crippen LogP contribution < -0.4 is 10.2 Å². The molecule has 1 saturated heterocycles. The zero-order valence-electron chi connectivity index (χ0n) is 11.7. The van der Waals surface area contributed by atoms with Crippen molar-refractivity contribution in [1.29, 1.82) is 0 Å². The van der Waals surface area contributed by atoms with Crippen LogP contribution in [0.1, 0.15) is 23.2 Å². The van der Waals surface area contributed by atoms with Crippen LogP contribution in [-0.2, 0) is 4.74 Å². The van der Waals surface area contributed by atoms with E-state index in [1.165, 1.54) is 20.0 Å². The Morgan fingerprint density at radius 2 is 2.37 bits per heavy atom. The van der Waals surface area contributed by atoms with Crippen LogP contribution in [0.15, 0.2) is 24.3 Å². The van der Waals surface area contributed by atoms with Gasteiger partial charge in [0.25, 0.3) is 0 Å². The van der Waals surface area contributed by atoms with E-state index >= 15 is 0 Å². The van der Waals surface area contributed by atoms with Crippen LogP contribution in [0.2, 0.25) is 0 Å². The Labute approximate surface area is 114 Å². The number of hydrogen-bond acceptors (Lipinski definition) is 4. The Bertz CT molecular complexity index is 434. The third kappa shape index (κ3) is 3.47. The Kier molecular flexibility index (Phi) is 4.80. The Morgan fingerprint density at radius 1 is 1.53 bits per heavy atom. The quantitative estimate of drug-likeness (QED) is 0.823. The summed E-state index contributed by atoms with van der Waals surface area (Å²) in [6, 6.07) is 7.70.